The molecule has 3 amide bonds. The third kappa shape index (κ3) is 5.20. The summed E-state index contributed by atoms with van der Waals surface area (Å²) in [4.78, 5) is 38.6. The van der Waals surface area contributed by atoms with Crippen LogP contribution in [0.4, 0.5) is 10.6 Å². The van der Waals surface area contributed by atoms with Gasteiger partial charge in [0.15, 0.2) is 5.82 Å². The van der Waals surface area contributed by atoms with Gasteiger partial charge in [0.1, 0.15) is 12.3 Å². The normalized spacial score (nSPS) is 14.9. The van der Waals surface area contributed by atoms with Crippen LogP contribution in [0.3, 0.4) is 0 Å². The Morgan fingerprint density at radius 3 is 2.60 bits per heavy atom. The van der Waals surface area contributed by atoms with Crippen molar-refractivity contribution in [2.24, 2.45) is 0 Å². The van der Waals surface area contributed by atoms with E-state index in [9.17, 15) is 14.4 Å². The predicted molar refractivity (Wildman–Crippen MR) is 89.0 cm³/mol. The molecule has 0 unspecified atom stereocenters. The van der Waals surface area contributed by atoms with E-state index in [1.165, 1.54) is 11.8 Å². The van der Waals surface area contributed by atoms with Crippen LogP contribution >= 0.6 is 0 Å². The van der Waals surface area contributed by atoms with Crippen molar-refractivity contribution in [3.05, 3.63) is 11.8 Å². The highest BCUT2D eigenvalue weighted by Gasteiger charge is 2.26. The fourth-order valence-corrected chi connectivity index (χ4v) is 2.67. The van der Waals surface area contributed by atoms with Gasteiger partial charge in [-0.3, -0.25) is 14.5 Å². The number of carbonyl (C=O) groups excluding carboxylic acids is 3. The maximum atomic E-state index is 12.3. The van der Waals surface area contributed by atoms with E-state index in [0.717, 1.165) is 0 Å². The number of anilines is 1. The molecule has 1 saturated heterocycles. The topological polar surface area (TPSA) is 105 Å². The van der Waals surface area contributed by atoms with Crippen LogP contribution in [0.2, 0.25) is 0 Å². The molecular formula is C16H24N4O5. The van der Waals surface area contributed by atoms with Crippen LogP contribution < -0.4 is 10.2 Å². The second-order valence-corrected chi connectivity index (χ2v) is 5.93. The van der Waals surface area contributed by atoms with Gasteiger partial charge in [0.2, 0.25) is 11.8 Å². The number of nitrogens with one attached hydrogen (secondary N) is 1. The summed E-state index contributed by atoms with van der Waals surface area (Å²) in [7, 11) is 0. The molecule has 1 aromatic rings. The molecule has 0 spiro atoms. The molecule has 9 nitrogen and oxygen atoms in total. The van der Waals surface area contributed by atoms with Gasteiger partial charge in [-0.05, 0) is 26.7 Å². The number of amides is 3. The lowest BCUT2D eigenvalue weighted by Gasteiger charge is -2.32. The van der Waals surface area contributed by atoms with E-state index in [1.54, 1.807) is 24.8 Å². The maximum absolute atomic E-state index is 12.3. The first-order valence-electron chi connectivity index (χ1n) is 8.33. The highest BCUT2D eigenvalue weighted by Crippen LogP contribution is 2.15. The SMILES string of the molecule is CCOC(=O)N1CCC(NC(=O)CN(C(C)=O)c2cc(C)on2)CC1. The summed E-state index contributed by atoms with van der Waals surface area (Å²) < 4.78 is 9.92. The van der Waals surface area contributed by atoms with Crippen LogP contribution in [0.1, 0.15) is 32.4 Å². The minimum absolute atomic E-state index is 0.0361. The van der Waals surface area contributed by atoms with Gasteiger partial charge >= 0.3 is 6.09 Å². The number of hydrogen-bond donors (Lipinski definition) is 1. The molecule has 0 bridgehead atoms. The number of aromatic nitrogens is 1. The monoisotopic (exact) mass is 352 g/mol. The van der Waals surface area contributed by atoms with Crippen LogP contribution in [0.15, 0.2) is 10.6 Å². The van der Waals surface area contributed by atoms with Crippen molar-refractivity contribution in [2.75, 3.05) is 31.1 Å². The summed E-state index contributed by atoms with van der Waals surface area (Å²) in [6.45, 7) is 6.13. The molecule has 2 heterocycles. The van der Waals surface area contributed by atoms with Crippen molar-refractivity contribution in [2.45, 2.75) is 39.7 Å². The average molecular weight is 352 g/mol. The standard InChI is InChI=1S/C16H24N4O5/c1-4-24-16(23)19-7-5-13(6-8-19)17-15(22)10-20(12(3)21)14-9-11(2)25-18-14/h9,13H,4-8,10H2,1-3H3,(H,17,22). The molecule has 1 aromatic heterocycles. The Balaban J connectivity index is 1.84. The second kappa shape index (κ2) is 8.50. The summed E-state index contributed by atoms with van der Waals surface area (Å²) >= 11 is 0. The van der Waals surface area contributed by atoms with Crippen LogP contribution in [0, 0.1) is 6.92 Å². The van der Waals surface area contributed by atoms with E-state index in [2.05, 4.69) is 10.5 Å². The fourth-order valence-electron chi connectivity index (χ4n) is 2.67. The number of rotatable bonds is 5. The van der Waals surface area contributed by atoms with Crippen molar-refractivity contribution in [1.82, 2.24) is 15.4 Å². The summed E-state index contributed by atoms with van der Waals surface area (Å²) in [6, 6.07) is 1.57. The molecule has 1 N–H and O–H groups in total. The van der Waals surface area contributed by atoms with Gasteiger partial charge in [0.05, 0.1) is 6.61 Å². The summed E-state index contributed by atoms with van der Waals surface area (Å²) in [5, 5.41) is 6.68. The zero-order valence-corrected chi connectivity index (χ0v) is 14.8. The van der Waals surface area contributed by atoms with Crippen molar-refractivity contribution >= 4 is 23.7 Å². The van der Waals surface area contributed by atoms with Crippen LogP contribution in [0.25, 0.3) is 0 Å². The molecule has 9 heteroatoms. The van der Waals surface area contributed by atoms with Crippen molar-refractivity contribution in [1.29, 1.82) is 0 Å². The van der Waals surface area contributed by atoms with Gasteiger partial charge in [-0.15, -0.1) is 0 Å². The Bertz CT molecular complexity index is 622. The maximum Gasteiger partial charge on any atom is 0.409 e. The molecule has 1 fully saturated rings. The lowest BCUT2D eigenvalue weighted by molar-refractivity contribution is -0.123. The van der Waals surface area contributed by atoms with Crippen molar-refractivity contribution in [3.63, 3.8) is 0 Å². The summed E-state index contributed by atoms with van der Waals surface area (Å²) in [5.41, 5.74) is 0. The third-order valence-corrected chi connectivity index (χ3v) is 3.96. The first kappa shape index (κ1) is 18.8. The smallest absolute Gasteiger partial charge is 0.409 e. The number of nitrogens with zero attached hydrogens (tertiary/aromatic N) is 3. The largest absolute Gasteiger partial charge is 0.450 e. The molecule has 25 heavy (non-hydrogen) atoms. The van der Waals surface area contributed by atoms with E-state index in [-0.39, 0.29) is 30.5 Å². The molecule has 0 aliphatic carbocycles. The number of aryl methyl sites for hydroxylation is 1. The van der Waals surface area contributed by atoms with Gasteiger partial charge < -0.3 is 19.5 Å². The number of likely N-dealkylation sites (tertiary alicyclic amines) is 1. The zero-order valence-electron chi connectivity index (χ0n) is 14.8. The van der Waals surface area contributed by atoms with Gasteiger partial charge in [0.25, 0.3) is 0 Å². The van der Waals surface area contributed by atoms with Crippen LogP contribution in [-0.4, -0.2) is 60.2 Å². The number of hydrogen-bond acceptors (Lipinski definition) is 6. The number of piperidine rings is 1. The lowest BCUT2D eigenvalue weighted by atomic mass is 10.1. The predicted octanol–water partition coefficient (Wildman–Crippen LogP) is 1.07. The average Bonchev–Trinajstić information content (AvgIpc) is 2.99. The molecule has 138 valence electrons. The van der Waals surface area contributed by atoms with Crippen LogP contribution in [-0.2, 0) is 14.3 Å². The Morgan fingerprint density at radius 1 is 1.40 bits per heavy atom. The molecule has 0 radical (unpaired) electrons. The molecule has 1 aliphatic heterocycles. The molecular weight excluding hydrogens is 328 g/mol. The third-order valence-electron chi connectivity index (χ3n) is 3.96. The molecule has 2 rings (SSSR count). The van der Waals surface area contributed by atoms with Gasteiger partial charge in [-0.25, -0.2) is 4.79 Å². The summed E-state index contributed by atoms with van der Waals surface area (Å²) in [5.74, 6) is 0.316. The Labute approximate surface area is 146 Å². The van der Waals surface area contributed by atoms with E-state index >= 15 is 0 Å². The molecule has 1 aliphatic rings. The minimum atomic E-state index is -0.323. The van der Waals surface area contributed by atoms with Crippen LogP contribution in [0.5, 0.6) is 0 Å². The van der Waals surface area contributed by atoms with E-state index < -0.39 is 0 Å². The zero-order chi connectivity index (χ0) is 18.4. The summed E-state index contributed by atoms with van der Waals surface area (Å²) in [6.07, 6.45) is 0.970. The first-order valence-corrected chi connectivity index (χ1v) is 8.33. The van der Waals surface area contributed by atoms with Gasteiger partial charge in [-0.2, -0.15) is 0 Å². The van der Waals surface area contributed by atoms with Gasteiger partial charge in [0, 0.05) is 32.1 Å². The van der Waals surface area contributed by atoms with Crippen molar-refractivity contribution in [3.8, 4) is 0 Å². The Morgan fingerprint density at radius 2 is 2.08 bits per heavy atom. The molecule has 0 saturated carbocycles. The van der Waals surface area contributed by atoms with E-state index in [4.69, 9.17) is 9.26 Å². The highest BCUT2D eigenvalue weighted by molar-refractivity contribution is 5.96. The minimum Gasteiger partial charge on any atom is -0.450 e. The first-order chi connectivity index (χ1) is 11.9. The molecule has 0 atom stereocenters. The number of carbonyl (C=O) groups is 3. The quantitative estimate of drug-likeness (QED) is 0.850. The Kier molecular flexibility index (Phi) is 6.37. The fraction of sp³-hybridized carbons (Fsp3) is 0.625. The van der Waals surface area contributed by atoms with Gasteiger partial charge in [-0.1, -0.05) is 5.16 Å². The van der Waals surface area contributed by atoms with Crippen molar-refractivity contribution < 1.29 is 23.6 Å². The van der Waals surface area contributed by atoms with E-state index in [1.807, 2.05) is 0 Å². The molecule has 0 aromatic carbocycles. The lowest BCUT2D eigenvalue weighted by Crippen LogP contribution is -2.49. The number of ether oxygens (including phenoxy) is 1. The highest BCUT2D eigenvalue weighted by atomic mass is 16.6. The van der Waals surface area contributed by atoms with E-state index in [0.29, 0.717) is 44.1 Å². The second-order valence-electron chi connectivity index (χ2n) is 5.93. The Hall–Kier alpha value is -2.58.